The summed E-state index contributed by atoms with van der Waals surface area (Å²) >= 11 is 6.31. The first-order chi connectivity index (χ1) is 8.29. The number of para-hydroxylation sites is 1. The summed E-state index contributed by atoms with van der Waals surface area (Å²) in [4.78, 5) is 0. The summed E-state index contributed by atoms with van der Waals surface area (Å²) in [6.45, 7) is 7.93. The third-order valence-electron chi connectivity index (χ3n) is 3.07. The van der Waals surface area contributed by atoms with Crippen molar-refractivity contribution < 1.29 is 5.11 Å². The fourth-order valence-electron chi connectivity index (χ4n) is 2.35. The van der Waals surface area contributed by atoms with E-state index in [0.29, 0.717) is 12.5 Å². The Morgan fingerprint density at radius 2 is 2.00 bits per heavy atom. The van der Waals surface area contributed by atoms with Crippen LogP contribution < -0.4 is 0 Å². The lowest BCUT2D eigenvalue weighted by Gasteiger charge is -2.16. The molecule has 0 aliphatic rings. The Hall–Kier alpha value is -0.990. The van der Waals surface area contributed by atoms with E-state index >= 15 is 0 Å². The molecule has 0 aliphatic heterocycles. The molecule has 1 aromatic heterocycles. The Morgan fingerprint density at radius 3 is 2.56 bits per heavy atom. The van der Waals surface area contributed by atoms with Crippen LogP contribution in [-0.2, 0) is 6.42 Å². The van der Waals surface area contributed by atoms with E-state index in [0.717, 1.165) is 21.5 Å². The van der Waals surface area contributed by atoms with Gasteiger partial charge in [-0.3, -0.25) is 0 Å². The van der Waals surface area contributed by atoms with Crippen LogP contribution in [0.15, 0.2) is 24.4 Å². The Morgan fingerprint density at radius 1 is 1.33 bits per heavy atom. The largest absolute Gasteiger partial charge is 0.390 e. The molecule has 3 heteroatoms. The summed E-state index contributed by atoms with van der Waals surface area (Å²) in [6, 6.07) is 6.30. The number of hydrogen-bond acceptors (Lipinski definition) is 1. The standard InChI is InChI=1S/C15H20ClNO/c1-10(2)17-9-11(8-15(3,4)18)12-6-5-7-13(16)14(12)17/h5-7,9-10,18H,8H2,1-4H3. The van der Waals surface area contributed by atoms with Crippen LogP contribution in [0.5, 0.6) is 0 Å². The number of fused-ring (bicyclic) bond motifs is 1. The van der Waals surface area contributed by atoms with Crippen molar-refractivity contribution in [1.82, 2.24) is 4.57 Å². The Kier molecular flexibility index (Phi) is 3.43. The fraction of sp³-hybridized carbons (Fsp3) is 0.467. The maximum absolute atomic E-state index is 10.0. The highest BCUT2D eigenvalue weighted by molar-refractivity contribution is 6.35. The topological polar surface area (TPSA) is 25.2 Å². The summed E-state index contributed by atoms with van der Waals surface area (Å²) in [5.41, 5.74) is 1.50. The van der Waals surface area contributed by atoms with E-state index in [-0.39, 0.29) is 0 Å². The molecule has 0 spiro atoms. The van der Waals surface area contributed by atoms with Gasteiger partial charge in [0.05, 0.1) is 16.1 Å². The van der Waals surface area contributed by atoms with E-state index in [2.05, 4.69) is 30.7 Å². The number of halogens is 1. The van der Waals surface area contributed by atoms with Crippen molar-refractivity contribution in [2.24, 2.45) is 0 Å². The van der Waals surface area contributed by atoms with Crippen LogP contribution in [0.4, 0.5) is 0 Å². The van der Waals surface area contributed by atoms with E-state index in [1.54, 1.807) is 0 Å². The first kappa shape index (κ1) is 13.4. The molecule has 0 saturated carbocycles. The molecule has 0 atom stereocenters. The second-order valence-electron chi connectivity index (χ2n) is 5.78. The third kappa shape index (κ3) is 2.55. The van der Waals surface area contributed by atoms with Crippen molar-refractivity contribution in [3.63, 3.8) is 0 Å². The quantitative estimate of drug-likeness (QED) is 0.885. The second kappa shape index (κ2) is 4.60. The first-order valence-corrected chi connectivity index (χ1v) is 6.68. The van der Waals surface area contributed by atoms with Gasteiger partial charge in [0.1, 0.15) is 0 Å². The van der Waals surface area contributed by atoms with Crippen LogP contribution in [0.2, 0.25) is 5.02 Å². The Balaban J connectivity index is 2.65. The maximum Gasteiger partial charge on any atom is 0.0674 e. The van der Waals surface area contributed by atoms with Gasteiger partial charge in [0.25, 0.3) is 0 Å². The molecule has 18 heavy (non-hydrogen) atoms. The summed E-state index contributed by atoms with van der Waals surface area (Å²) < 4.78 is 2.18. The zero-order valence-electron chi connectivity index (χ0n) is 11.4. The minimum atomic E-state index is -0.710. The zero-order valence-corrected chi connectivity index (χ0v) is 12.1. The van der Waals surface area contributed by atoms with Gasteiger partial charge in [0.15, 0.2) is 0 Å². The number of hydrogen-bond donors (Lipinski definition) is 1. The zero-order chi connectivity index (χ0) is 13.5. The first-order valence-electron chi connectivity index (χ1n) is 6.30. The smallest absolute Gasteiger partial charge is 0.0674 e. The Labute approximate surface area is 113 Å². The SMILES string of the molecule is CC(C)n1cc(CC(C)(C)O)c2cccc(Cl)c21. The van der Waals surface area contributed by atoms with Gasteiger partial charge in [-0.25, -0.2) is 0 Å². The summed E-state index contributed by atoms with van der Waals surface area (Å²) in [6.07, 6.45) is 2.74. The van der Waals surface area contributed by atoms with Gasteiger partial charge in [-0.1, -0.05) is 23.7 Å². The van der Waals surface area contributed by atoms with Crippen LogP contribution in [0.3, 0.4) is 0 Å². The van der Waals surface area contributed by atoms with Crippen LogP contribution in [-0.4, -0.2) is 15.3 Å². The molecule has 0 amide bonds. The molecule has 2 aromatic rings. The number of aliphatic hydroxyl groups is 1. The molecule has 1 heterocycles. The number of nitrogens with zero attached hydrogens (tertiary/aromatic N) is 1. The average molecular weight is 266 g/mol. The summed E-state index contributed by atoms with van der Waals surface area (Å²) in [5.74, 6) is 0. The fourth-order valence-corrected chi connectivity index (χ4v) is 2.63. The van der Waals surface area contributed by atoms with E-state index in [4.69, 9.17) is 11.6 Å². The molecule has 0 unspecified atom stereocenters. The molecular weight excluding hydrogens is 246 g/mol. The van der Waals surface area contributed by atoms with E-state index < -0.39 is 5.60 Å². The van der Waals surface area contributed by atoms with Gasteiger partial charge in [0.2, 0.25) is 0 Å². The van der Waals surface area contributed by atoms with E-state index in [1.165, 1.54) is 0 Å². The van der Waals surface area contributed by atoms with Crippen molar-refractivity contribution in [3.8, 4) is 0 Å². The van der Waals surface area contributed by atoms with Crippen molar-refractivity contribution in [3.05, 3.63) is 35.0 Å². The molecule has 0 bridgehead atoms. The highest BCUT2D eigenvalue weighted by Gasteiger charge is 2.19. The van der Waals surface area contributed by atoms with Crippen LogP contribution >= 0.6 is 11.6 Å². The molecular formula is C15H20ClNO. The molecule has 0 aliphatic carbocycles. The van der Waals surface area contributed by atoms with Crippen LogP contribution in [0.25, 0.3) is 10.9 Å². The lowest BCUT2D eigenvalue weighted by molar-refractivity contribution is 0.0813. The lowest BCUT2D eigenvalue weighted by atomic mass is 9.98. The molecule has 0 radical (unpaired) electrons. The van der Waals surface area contributed by atoms with Crippen molar-refractivity contribution in [2.45, 2.75) is 45.8 Å². The Bertz CT molecular complexity index is 564. The minimum absolute atomic E-state index is 0.350. The van der Waals surface area contributed by atoms with Gasteiger partial charge < -0.3 is 9.67 Å². The number of rotatable bonds is 3. The molecule has 98 valence electrons. The average Bonchev–Trinajstić information content (AvgIpc) is 2.56. The van der Waals surface area contributed by atoms with Crippen LogP contribution in [0, 0.1) is 0 Å². The summed E-state index contributed by atoms with van der Waals surface area (Å²) in [5, 5.41) is 11.9. The van der Waals surface area contributed by atoms with Crippen molar-refractivity contribution in [2.75, 3.05) is 0 Å². The highest BCUT2D eigenvalue weighted by Crippen LogP contribution is 2.32. The van der Waals surface area contributed by atoms with Crippen molar-refractivity contribution >= 4 is 22.5 Å². The normalized spacial score (nSPS) is 12.6. The number of aromatic nitrogens is 1. The molecule has 2 rings (SSSR count). The minimum Gasteiger partial charge on any atom is -0.390 e. The van der Waals surface area contributed by atoms with Gasteiger partial charge >= 0.3 is 0 Å². The molecule has 2 nitrogen and oxygen atoms in total. The van der Waals surface area contributed by atoms with E-state index in [9.17, 15) is 5.11 Å². The number of benzene rings is 1. The predicted octanol–water partition coefficient (Wildman–Crippen LogP) is 4.19. The van der Waals surface area contributed by atoms with Gasteiger partial charge in [-0.2, -0.15) is 0 Å². The predicted molar refractivity (Wildman–Crippen MR) is 77.3 cm³/mol. The monoisotopic (exact) mass is 265 g/mol. The van der Waals surface area contributed by atoms with Crippen molar-refractivity contribution in [1.29, 1.82) is 0 Å². The highest BCUT2D eigenvalue weighted by atomic mass is 35.5. The second-order valence-corrected chi connectivity index (χ2v) is 6.19. The molecule has 1 N–H and O–H groups in total. The lowest BCUT2D eigenvalue weighted by Crippen LogP contribution is -2.21. The van der Waals surface area contributed by atoms with Crippen LogP contribution in [0.1, 0.15) is 39.3 Å². The molecule has 1 aromatic carbocycles. The third-order valence-corrected chi connectivity index (χ3v) is 3.37. The van der Waals surface area contributed by atoms with Gasteiger partial charge in [-0.15, -0.1) is 0 Å². The van der Waals surface area contributed by atoms with Gasteiger partial charge in [-0.05, 0) is 39.3 Å². The van der Waals surface area contributed by atoms with Gasteiger partial charge in [0, 0.05) is 24.0 Å². The summed E-state index contributed by atoms with van der Waals surface area (Å²) in [7, 11) is 0. The molecule has 0 saturated heterocycles. The maximum atomic E-state index is 10.0. The molecule has 0 fully saturated rings. The van der Waals surface area contributed by atoms with E-state index in [1.807, 2.05) is 26.0 Å².